The van der Waals surface area contributed by atoms with Crippen molar-refractivity contribution >= 4 is 15.9 Å². The normalized spacial score (nSPS) is 14.0. The molecule has 2 aromatic carbocycles. The molecular formula is C17H19BrFN. The van der Waals surface area contributed by atoms with Crippen LogP contribution in [0, 0.1) is 5.82 Å². The van der Waals surface area contributed by atoms with Gasteiger partial charge >= 0.3 is 0 Å². The first-order chi connectivity index (χ1) is 9.56. The Bertz CT molecular complexity index is 570. The molecule has 1 nitrogen and oxygen atoms in total. The summed E-state index contributed by atoms with van der Waals surface area (Å²) in [5.41, 5.74) is 1.98. The summed E-state index contributed by atoms with van der Waals surface area (Å²) in [5, 5.41) is 3.51. The molecule has 2 aromatic rings. The summed E-state index contributed by atoms with van der Waals surface area (Å²) in [4.78, 5) is 0. The van der Waals surface area contributed by atoms with E-state index in [0.29, 0.717) is 6.42 Å². The van der Waals surface area contributed by atoms with Crippen LogP contribution < -0.4 is 5.32 Å². The minimum atomic E-state index is -0.128. The lowest BCUT2D eigenvalue weighted by molar-refractivity contribution is 0.469. The van der Waals surface area contributed by atoms with Gasteiger partial charge in [-0.15, -0.1) is 0 Å². The summed E-state index contributed by atoms with van der Waals surface area (Å²) >= 11 is 3.48. The zero-order valence-electron chi connectivity index (χ0n) is 11.7. The molecule has 0 saturated heterocycles. The van der Waals surface area contributed by atoms with Crippen LogP contribution in [-0.4, -0.2) is 6.04 Å². The van der Waals surface area contributed by atoms with Gasteiger partial charge in [-0.05, 0) is 49.6 Å². The number of benzene rings is 2. The van der Waals surface area contributed by atoms with E-state index in [1.807, 2.05) is 24.3 Å². The number of halogens is 2. The lowest BCUT2D eigenvalue weighted by Gasteiger charge is -2.21. The highest BCUT2D eigenvalue weighted by molar-refractivity contribution is 9.10. The van der Waals surface area contributed by atoms with Crippen LogP contribution in [0.15, 0.2) is 53.0 Å². The predicted octanol–water partition coefficient (Wildman–Crippen LogP) is 4.87. The highest BCUT2D eigenvalue weighted by Crippen LogP contribution is 2.19. The van der Waals surface area contributed by atoms with E-state index in [9.17, 15) is 4.39 Å². The highest BCUT2D eigenvalue weighted by atomic mass is 79.9. The average molecular weight is 336 g/mol. The number of rotatable bonds is 5. The molecule has 0 aliphatic heterocycles. The van der Waals surface area contributed by atoms with E-state index >= 15 is 0 Å². The second-order valence-electron chi connectivity index (χ2n) is 5.14. The Balaban J connectivity index is 1.98. The monoisotopic (exact) mass is 335 g/mol. The average Bonchev–Trinajstić information content (AvgIpc) is 2.41. The van der Waals surface area contributed by atoms with Crippen LogP contribution in [0.4, 0.5) is 4.39 Å². The molecule has 1 N–H and O–H groups in total. The van der Waals surface area contributed by atoms with Crippen LogP contribution in [0.5, 0.6) is 0 Å². The standard InChI is InChI=1S/C17H19BrFN/c1-12(10-15-6-3-4-9-17(15)19)20-13(2)14-7-5-8-16(18)11-14/h3-9,11-13,20H,10H2,1-2H3. The topological polar surface area (TPSA) is 12.0 Å². The van der Waals surface area contributed by atoms with Crippen molar-refractivity contribution < 1.29 is 4.39 Å². The van der Waals surface area contributed by atoms with Crippen LogP contribution in [0.1, 0.15) is 31.0 Å². The third kappa shape index (κ3) is 4.15. The van der Waals surface area contributed by atoms with E-state index in [2.05, 4.69) is 47.2 Å². The Morgan fingerprint density at radius 2 is 1.85 bits per heavy atom. The second kappa shape index (κ2) is 7.00. The molecule has 0 fully saturated rings. The first-order valence-corrected chi connectivity index (χ1v) is 7.60. The molecule has 0 saturated carbocycles. The molecule has 3 heteroatoms. The molecule has 0 radical (unpaired) electrons. The Morgan fingerprint density at radius 3 is 2.55 bits per heavy atom. The fourth-order valence-corrected chi connectivity index (χ4v) is 2.77. The fourth-order valence-electron chi connectivity index (χ4n) is 2.35. The summed E-state index contributed by atoms with van der Waals surface area (Å²) in [6.07, 6.45) is 0.686. The Kier molecular flexibility index (Phi) is 5.32. The zero-order valence-corrected chi connectivity index (χ0v) is 13.3. The smallest absolute Gasteiger partial charge is 0.126 e. The van der Waals surface area contributed by atoms with Gasteiger partial charge in [0.25, 0.3) is 0 Å². The molecule has 0 heterocycles. The second-order valence-corrected chi connectivity index (χ2v) is 6.06. The molecule has 106 valence electrons. The van der Waals surface area contributed by atoms with Gasteiger partial charge < -0.3 is 5.32 Å². The first-order valence-electron chi connectivity index (χ1n) is 6.81. The van der Waals surface area contributed by atoms with Gasteiger partial charge in [0.2, 0.25) is 0 Å². The van der Waals surface area contributed by atoms with Gasteiger partial charge in [0.1, 0.15) is 5.82 Å². The van der Waals surface area contributed by atoms with Crippen LogP contribution in [0.3, 0.4) is 0 Å². The van der Waals surface area contributed by atoms with Crippen molar-refractivity contribution in [2.75, 3.05) is 0 Å². The quantitative estimate of drug-likeness (QED) is 0.821. The van der Waals surface area contributed by atoms with Crippen molar-refractivity contribution in [1.82, 2.24) is 5.32 Å². The van der Waals surface area contributed by atoms with Gasteiger partial charge in [0.05, 0.1) is 0 Å². The van der Waals surface area contributed by atoms with Crippen molar-refractivity contribution in [2.24, 2.45) is 0 Å². The molecule has 0 aliphatic carbocycles. The molecule has 0 bridgehead atoms. The van der Waals surface area contributed by atoms with Gasteiger partial charge in [-0.2, -0.15) is 0 Å². The van der Waals surface area contributed by atoms with Gasteiger partial charge in [0.15, 0.2) is 0 Å². The Labute approximate surface area is 128 Å². The van der Waals surface area contributed by atoms with Crippen molar-refractivity contribution in [3.05, 3.63) is 69.9 Å². The van der Waals surface area contributed by atoms with Crippen molar-refractivity contribution in [3.63, 3.8) is 0 Å². The van der Waals surface area contributed by atoms with Crippen LogP contribution in [-0.2, 0) is 6.42 Å². The molecule has 0 spiro atoms. The lowest BCUT2D eigenvalue weighted by Crippen LogP contribution is -2.31. The molecule has 2 atom stereocenters. The molecule has 0 amide bonds. The molecule has 0 aliphatic rings. The minimum Gasteiger partial charge on any atom is -0.307 e. The summed E-state index contributed by atoms with van der Waals surface area (Å²) in [5.74, 6) is -0.128. The van der Waals surface area contributed by atoms with Crippen LogP contribution in [0.25, 0.3) is 0 Å². The van der Waals surface area contributed by atoms with Crippen molar-refractivity contribution in [2.45, 2.75) is 32.4 Å². The summed E-state index contributed by atoms with van der Waals surface area (Å²) in [6.45, 7) is 4.21. The van der Waals surface area contributed by atoms with Crippen LogP contribution >= 0.6 is 15.9 Å². The van der Waals surface area contributed by atoms with E-state index in [4.69, 9.17) is 0 Å². The van der Waals surface area contributed by atoms with Gasteiger partial charge in [-0.25, -0.2) is 4.39 Å². The molecule has 2 rings (SSSR count). The van der Waals surface area contributed by atoms with E-state index in [1.165, 1.54) is 11.6 Å². The summed E-state index contributed by atoms with van der Waals surface area (Å²) in [7, 11) is 0. The maximum atomic E-state index is 13.6. The minimum absolute atomic E-state index is 0.128. The maximum Gasteiger partial charge on any atom is 0.126 e. The van der Waals surface area contributed by atoms with E-state index in [0.717, 1.165) is 10.0 Å². The van der Waals surface area contributed by atoms with Gasteiger partial charge in [-0.1, -0.05) is 46.3 Å². The highest BCUT2D eigenvalue weighted by Gasteiger charge is 2.12. The Hall–Kier alpha value is -1.19. The largest absolute Gasteiger partial charge is 0.307 e. The van der Waals surface area contributed by atoms with Crippen molar-refractivity contribution in [3.8, 4) is 0 Å². The molecule has 2 unspecified atom stereocenters. The first kappa shape index (κ1) is 15.2. The summed E-state index contributed by atoms with van der Waals surface area (Å²) < 4.78 is 14.7. The number of hydrogen-bond acceptors (Lipinski definition) is 1. The SMILES string of the molecule is CC(Cc1ccccc1F)NC(C)c1cccc(Br)c1. The van der Waals surface area contributed by atoms with Gasteiger partial charge in [0, 0.05) is 16.6 Å². The zero-order chi connectivity index (χ0) is 14.5. The van der Waals surface area contributed by atoms with Crippen molar-refractivity contribution in [1.29, 1.82) is 0 Å². The molecule has 0 aromatic heterocycles. The Morgan fingerprint density at radius 1 is 1.10 bits per heavy atom. The number of nitrogens with one attached hydrogen (secondary N) is 1. The molecular weight excluding hydrogens is 317 g/mol. The van der Waals surface area contributed by atoms with E-state index < -0.39 is 0 Å². The molecule has 20 heavy (non-hydrogen) atoms. The third-order valence-corrected chi connectivity index (χ3v) is 3.86. The number of hydrogen-bond donors (Lipinski definition) is 1. The van der Waals surface area contributed by atoms with Gasteiger partial charge in [-0.3, -0.25) is 0 Å². The van der Waals surface area contributed by atoms with E-state index in [-0.39, 0.29) is 17.9 Å². The van der Waals surface area contributed by atoms with Crippen LogP contribution in [0.2, 0.25) is 0 Å². The predicted molar refractivity (Wildman–Crippen MR) is 85.3 cm³/mol. The lowest BCUT2D eigenvalue weighted by atomic mass is 10.0. The van der Waals surface area contributed by atoms with E-state index in [1.54, 1.807) is 6.07 Å². The maximum absolute atomic E-state index is 13.6. The third-order valence-electron chi connectivity index (χ3n) is 3.37. The summed E-state index contributed by atoms with van der Waals surface area (Å²) in [6, 6.07) is 15.6. The fraction of sp³-hybridized carbons (Fsp3) is 0.294.